The Morgan fingerprint density at radius 3 is 2.52 bits per heavy atom. The molecule has 4 rings (SSSR count). The summed E-state index contributed by atoms with van der Waals surface area (Å²) in [6, 6.07) is 8.14. The molecule has 0 saturated heterocycles. The fourth-order valence-corrected chi connectivity index (χ4v) is 6.19. The minimum atomic E-state index is -0.786. The van der Waals surface area contributed by atoms with Crippen LogP contribution in [0.15, 0.2) is 51.4 Å². The van der Waals surface area contributed by atoms with E-state index in [1.54, 1.807) is 51.3 Å². The quantitative estimate of drug-likeness (QED) is 0.195. The lowest BCUT2D eigenvalue weighted by Crippen LogP contribution is -2.40. The molecular formula is C29H27IN2O7S. The van der Waals surface area contributed by atoms with Gasteiger partial charge in [0, 0.05) is 0 Å². The number of ether oxygens (including phenoxy) is 5. The predicted molar refractivity (Wildman–Crippen MR) is 160 cm³/mol. The molecule has 0 amide bonds. The highest BCUT2D eigenvalue weighted by Gasteiger charge is 2.34. The van der Waals surface area contributed by atoms with Gasteiger partial charge in [0.2, 0.25) is 0 Å². The van der Waals surface area contributed by atoms with E-state index in [0.29, 0.717) is 43.6 Å². The number of fused-ring (bicyclic) bond motifs is 1. The van der Waals surface area contributed by atoms with Crippen LogP contribution in [0.1, 0.15) is 31.0 Å². The lowest BCUT2D eigenvalue weighted by Gasteiger charge is -2.25. The molecule has 9 nitrogen and oxygen atoms in total. The summed E-state index contributed by atoms with van der Waals surface area (Å²) in [5, 5.41) is 0. The Kier molecular flexibility index (Phi) is 9.21. The van der Waals surface area contributed by atoms with Crippen molar-refractivity contribution in [2.75, 3.05) is 34.5 Å². The maximum atomic E-state index is 13.9. The monoisotopic (exact) mass is 674 g/mol. The number of benzene rings is 2. The number of esters is 1. The van der Waals surface area contributed by atoms with Crippen molar-refractivity contribution in [3.8, 4) is 35.3 Å². The van der Waals surface area contributed by atoms with Crippen LogP contribution in [0.25, 0.3) is 6.08 Å². The first-order valence-electron chi connectivity index (χ1n) is 12.1. The summed E-state index contributed by atoms with van der Waals surface area (Å²) in [6.07, 6.45) is 7.10. The number of allylic oxidation sites excluding steroid dienone is 1. The summed E-state index contributed by atoms with van der Waals surface area (Å²) in [4.78, 5) is 32.2. The van der Waals surface area contributed by atoms with Crippen molar-refractivity contribution in [1.82, 2.24) is 4.57 Å². The van der Waals surface area contributed by atoms with E-state index in [4.69, 9.17) is 30.1 Å². The average molecular weight is 675 g/mol. The molecule has 0 N–H and O–H groups in total. The van der Waals surface area contributed by atoms with E-state index in [-0.39, 0.29) is 24.3 Å². The maximum Gasteiger partial charge on any atom is 0.338 e. The van der Waals surface area contributed by atoms with Crippen LogP contribution in [0.5, 0.6) is 23.0 Å². The molecule has 208 valence electrons. The summed E-state index contributed by atoms with van der Waals surface area (Å²) in [5.74, 6) is 3.91. The van der Waals surface area contributed by atoms with E-state index < -0.39 is 12.0 Å². The third-order valence-corrected chi connectivity index (χ3v) is 7.87. The zero-order valence-electron chi connectivity index (χ0n) is 22.6. The molecule has 11 heteroatoms. The molecule has 0 aliphatic carbocycles. The maximum absolute atomic E-state index is 13.9. The number of rotatable bonds is 9. The van der Waals surface area contributed by atoms with E-state index in [2.05, 4.69) is 33.5 Å². The molecule has 1 aliphatic heterocycles. The lowest BCUT2D eigenvalue weighted by atomic mass is 9.95. The Bertz CT molecular complexity index is 1720. The topological polar surface area (TPSA) is 97.6 Å². The zero-order chi connectivity index (χ0) is 29.0. The number of aromatic nitrogens is 1. The van der Waals surface area contributed by atoms with Crippen LogP contribution >= 0.6 is 33.9 Å². The Labute approximate surface area is 248 Å². The SMILES string of the molecule is C#CCOc1c(I)cc(/C=c2\sc3n(c2=O)[C@H](c2ccc(OC)c(OC)c2)C(C(=O)OCC)=C(C)N=3)cc1OC. The first kappa shape index (κ1) is 29.2. The van der Waals surface area contributed by atoms with Crippen molar-refractivity contribution in [3.63, 3.8) is 0 Å². The Hall–Kier alpha value is -3.76. The second-order valence-corrected chi connectivity index (χ2v) is 10.6. The van der Waals surface area contributed by atoms with Gasteiger partial charge in [-0.2, -0.15) is 0 Å². The molecule has 1 aromatic heterocycles. The molecule has 1 aliphatic rings. The highest BCUT2D eigenvalue weighted by atomic mass is 127. The van der Waals surface area contributed by atoms with Gasteiger partial charge in [-0.1, -0.05) is 23.3 Å². The van der Waals surface area contributed by atoms with E-state index in [9.17, 15) is 9.59 Å². The number of carbonyl (C=O) groups excluding carboxylic acids is 1. The first-order chi connectivity index (χ1) is 19.3. The van der Waals surface area contributed by atoms with Crippen LogP contribution in [-0.4, -0.2) is 45.1 Å². The number of halogens is 1. The van der Waals surface area contributed by atoms with E-state index in [1.807, 2.05) is 6.07 Å². The molecule has 1 atom stereocenters. The van der Waals surface area contributed by atoms with E-state index in [1.165, 1.54) is 30.1 Å². The molecular weight excluding hydrogens is 647 g/mol. The number of thiazole rings is 1. The molecule has 0 unspecified atom stereocenters. The Balaban J connectivity index is 1.93. The smallest absolute Gasteiger partial charge is 0.338 e. The largest absolute Gasteiger partial charge is 0.493 e. The van der Waals surface area contributed by atoms with Crippen molar-refractivity contribution in [2.45, 2.75) is 19.9 Å². The van der Waals surface area contributed by atoms with Crippen LogP contribution in [0.2, 0.25) is 0 Å². The van der Waals surface area contributed by atoms with Gasteiger partial charge < -0.3 is 23.7 Å². The Morgan fingerprint density at radius 1 is 1.15 bits per heavy atom. The fourth-order valence-electron chi connectivity index (χ4n) is 4.36. The molecule has 2 aromatic carbocycles. The van der Waals surface area contributed by atoms with Crippen molar-refractivity contribution >= 4 is 46.0 Å². The van der Waals surface area contributed by atoms with Gasteiger partial charge in [0.15, 0.2) is 27.8 Å². The molecule has 40 heavy (non-hydrogen) atoms. The molecule has 0 bridgehead atoms. The minimum absolute atomic E-state index is 0.0998. The van der Waals surface area contributed by atoms with Crippen LogP contribution in [0.3, 0.4) is 0 Å². The van der Waals surface area contributed by atoms with Gasteiger partial charge in [0.1, 0.15) is 6.61 Å². The number of carbonyl (C=O) groups is 1. The first-order valence-corrected chi connectivity index (χ1v) is 14.0. The molecule has 3 aromatic rings. The second-order valence-electron chi connectivity index (χ2n) is 8.44. The molecule has 0 fully saturated rings. The average Bonchev–Trinajstić information content (AvgIpc) is 3.24. The van der Waals surface area contributed by atoms with Gasteiger partial charge in [0.25, 0.3) is 5.56 Å². The normalized spacial score (nSPS) is 14.6. The molecule has 0 saturated carbocycles. The van der Waals surface area contributed by atoms with Gasteiger partial charge in [-0.15, -0.1) is 6.42 Å². The lowest BCUT2D eigenvalue weighted by molar-refractivity contribution is -0.139. The minimum Gasteiger partial charge on any atom is -0.493 e. The highest BCUT2D eigenvalue weighted by molar-refractivity contribution is 14.1. The van der Waals surface area contributed by atoms with Gasteiger partial charge in [-0.3, -0.25) is 9.36 Å². The highest BCUT2D eigenvalue weighted by Crippen LogP contribution is 2.36. The molecule has 0 radical (unpaired) electrons. The molecule has 0 spiro atoms. The predicted octanol–water partition coefficient (Wildman–Crippen LogP) is 3.44. The summed E-state index contributed by atoms with van der Waals surface area (Å²) in [7, 11) is 4.60. The summed E-state index contributed by atoms with van der Waals surface area (Å²) in [6.45, 7) is 3.75. The summed E-state index contributed by atoms with van der Waals surface area (Å²) in [5.41, 5.74) is 1.81. The van der Waals surface area contributed by atoms with Crippen molar-refractivity contribution in [1.29, 1.82) is 0 Å². The van der Waals surface area contributed by atoms with Crippen molar-refractivity contribution in [3.05, 3.63) is 76.0 Å². The third-order valence-electron chi connectivity index (χ3n) is 6.09. The summed E-state index contributed by atoms with van der Waals surface area (Å²) < 4.78 is 30.1. The number of terminal acetylenes is 1. The van der Waals surface area contributed by atoms with Crippen LogP contribution < -0.4 is 33.8 Å². The zero-order valence-corrected chi connectivity index (χ0v) is 25.5. The standard InChI is InChI=1S/C29H27IN2O7S/c1-7-11-39-26-19(30)12-17(13-22(26)37-6)14-23-27(33)32-25(18-9-10-20(35-4)21(15-18)36-5)24(28(34)38-8-2)16(3)31-29(32)40-23/h1,9-10,12-15,25H,8,11H2,2-6H3/b23-14-/t25-/m1/s1. The van der Waals surface area contributed by atoms with Crippen LogP contribution in [-0.2, 0) is 9.53 Å². The van der Waals surface area contributed by atoms with Crippen molar-refractivity contribution in [2.24, 2.45) is 4.99 Å². The number of methoxy groups -OCH3 is 3. The summed E-state index contributed by atoms with van der Waals surface area (Å²) >= 11 is 3.36. The van der Waals surface area contributed by atoms with Crippen LogP contribution in [0, 0.1) is 15.9 Å². The van der Waals surface area contributed by atoms with Crippen LogP contribution in [0.4, 0.5) is 0 Å². The van der Waals surface area contributed by atoms with Gasteiger partial charge in [0.05, 0.1) is 53.4 Å². The fraction of sp³-hybridized carbons (Fsp3) is 0.276. The van der Waals surface area contributed by atoms with Gasteiger partial charge in [-0.05, 0) is 77.9 Å². The van der Waals surface area contributed by atoms with Gasteiger partial charge >= 0.3 is 5.97 Å². The van der Waals surface area contributed by atoms with E-state index >= 15 is 0 Å². The van der Waals surface area contributed by atoms with E-state index in [0.717, 1.165) is 9.13 Å². The van der Waals surface area contributed by atoms with Gasteiger partial charge in [-0.25, -0.2) is 9.79 Å². The number of hydrogen-bond acceptors (Lipinski definition) is 9. The number of hydrogen-bond donors (Lipinski definition) is 0. The number of nitrogens with zero attached hydrogens (tertiary/aromatic N) is 2. The second kappa shape index (κ2) is 12.6. The molecule has 2 heterocycles. The van der Waals surface area contributed by atoms with Crippen molar-refractivity contribution < 1.29 is 28.5 Å². The third kappa shape index (κ3) is 5.59. The Morgan fingerprint density at radius 2 is 1.88 bits per heavy atom.